The van der Waals surface area contributed by atoms with Gasteiger partial charge in [-0.25, -0.2) is 0 Å². The molecule has 0 bridgehead atoms. The van der Waals surface area contributed by atoms with Gasteiger partial charge in [-0.05, 0) is 36.2 Å². The predicted molar refractivity (Wildman–Crippen MR) is 80.7 cm³/mol. The Kier molecular flexibility index (Phi) is 4.30. The van der Waals surface area contributed by atoms with Crippen molar-refractivity contribution in [3.63, 3.8) is 0 Å². The van der Waals surface area contributed by atoms with Crippen molar-refractivity contribution in [3.05, 3.63) is 53.1 Å². The zero-order valence-electron chi connectivity index (χ0n) is 13.0. The molecule has 1 aliphatic heterocycles. The van der Waals surface area contributed by atoms with Crippen LogP contribution >= 0.6 is 0 Å². The summed E-state index contributed by atoms with van der Waals surface area (Å²) in [7, 11) is -2.64. The topological polar surface area (TPSA) is 90.7 Å². The van der Waals surface area contributed by atoms with Crippen LogP contribution in [0.2, 0.25) is 0 Å². The van der Waals surface area contributed by atoms with E-state index in [-0.39, 0.29) is 10.8 Å². The second-order valence-electron chi connectivity index (χ2n) is 5.15. The highest BCUT2D eigenvalue weighted by Crippen LogP contribution is 2.25. The number of rotatable bonds is 4. The summed E-state index contributed by atoms with van der Waals surface area (Å²) in [6.07, 6.45) is 4.49. The number of hydroxylamine groups is 1. The molecule has 0 aromatic heterocycles. The Bertz CT molecular complexity index is 732. The number of hydrogen-bond acceptors (Lipinski definition) is 6. The molecule has 0 fully saturated rings. The Labute approximate surface area is 130 Å². The molecule has 0 saturated carbocycles. The molecule has 7 nitrogen and oxygen atoms in total. The maximum absolute atomic E-state index is 12.6. The zero-order chi connectivity index (χ0) is 16.5. The molecule has 8 heteroatoms. The Morgan fingerprint density at radius 2 is 1.77 bits per heavy atom. The molecule has 0 amide bonds. The van der Waals surface area contributed by atoms with Gasteiger partial charge in [0, 0.05) is 17.0 Å². The van der Waals surface area contributed by atoms with Gasteiger partial charge in [-0.1, -0.05) is 17.7 Å². The molecule has 0 radical (unpaired) electrons. The minimum absolute atomic E-state index is 0.116. The standard InChI is InChI=1S/C14H20N3O4S/c1-10-8-11(2)14(12(3)9-10)22(18,19)21-17(15)7-5-6-13(16-17)20-4/h5-9,16H,15H2,1-4H3/q+1. The maximum Gasteiger partial charge on any atom is 0.349 e. The summed E-state index contributed by atoms with van der Waals surface area (Å²) in [6, 6.07) is 3.56. The fraction of sp³-hybridized carbons (Fsp3) is 0.286. The molecule has 3 N–H and O–H groups in total. The molecule has 120 valence electrons. The second-order valence-corrected chi connectivity index (χ2v) is 6.62. The van der Waals surface area contributed by atoms with Gasteiger partial charge < -0.3 is 4.74 Å². The van der Waals surface area contributed by atoms with E-state index in [0.717, 1.165) is 5.56 Å². The highest BCUT2D eigenvalue weighted by Gasteiger charge is 2.37. The molecule has 0 aliphatic carbocycles. The van der Waals surface area contributed by atoms with Crippen LogP contribution in [-0.2, 0) is 19.1 Å². The number of nitrogens with one attached hydrogen (secondary N) is 1. The number of nitrogens with two attached hydrogens (primary N) is 1. The summed E-state index contributed by atoms with van der Waals surface area (Å²) in [5.74, 6) is 6.19. The van der Waals surface area contributed by atoms with E-state index in [9.17, 15) is 8.42 Å². The lowest BCUT2D eigenvalue weighted by Crippen LogP contribution is -2.60. The summed E-state index contributed by atoms with van der Waals surface area (Å²) in [4.78, 5) is -0.848. The number of nitrogens with zero attached hydrogens (tertiary/aromatic N) is 1. The zero-order valence-corrected chi connectivity index (χ0v) is 13.8. The first-order valence-electron chi connectivity index (χ1n) is 6.60. The molecule has 22 heavy (non-hydrogen) atoms. The van der Waals surface area contributed by atoms with Gasteiger partial charge in [-0.15, -0.1) is 11.3 Å². The number of methoxy groups -OCH3 is 1. The summed E-state index contributed by atoms with van der Waals surface area (Å²) in [5, 5.41) is 0. The third-order valence-corrected chi connectivity index (χ3v) is 4.72. The smallest absolute Gasteiger partial charge is 0.349 e. The number of ether oxygens (including phenoxy) is 1. The first-order chi connectivity index (χ1) is 10.2. The van der Waals surface area contributed by atoms with Crippen LogP contribution in [0.25, 0.3) is 0 Å². The lowest BCUT2D eigenvalue weighted by Gasteiger charge is -2.27. The number of quaternary nitrogens is 1. The molecular formula is C14H20N3O4S+. The van der Waals surface area contributed by atoms with Crippen molar-refractivity contribution in [2.75, 3.05) is 7.11 Å². The third-order valence-electron chi connectivity index (χ3n) is 3.14. The van der Waals surface area contributed by atoms with Crippen LogP contribution in [0.15, 0.2) is 41.3 Å². The largest absolute Gasteiger partial charge is 0.479 e. The van der Waals surface area contributed by atoms with Crippen molar-refractivity contribution in [2.45, 2.75) is 25.7 Å². The molecule has 0 spiro atoms. The van der Waals surface area contributed by atoms with Crippen molar-refractivity contribution in [3.8, 4) is 0 Å². The van der Waals surface area contributed by atoms with Crippen molar-refractivity contribution in [2.24, 2.45) is 5.84 Å². The van der Waals surface area contributed by atoms with Crippen LogP contribution in [-0.4, -0.2) is 20.4 Å². The molecule has 0 saturated heterocycles. The van der Waals surface area contributed by atoms with Crippen LogP contribution in [0.5, 0.6) is 0 Å². The van der Waals surface area contributed by atoms with E-state index in [1.165, 1.54) is 13.3 Å². The van der Waals surface area contributed by atoms with E-state index in [0.29, 0.717) is 11.1 Å². The van der Waals surface area contributed by atoms with Gasteiger partial charge in [0.1, 0.15) is 4.90 Å². The van der Waals surface area contributed by atoms with E-state index < -0.39 is 15.0 Å². The quantitative estimate of drug-likeness (QED) is 0.643. The number of hydrogen-bond donors (Lipinski definition) is 2. The van der Waals surface area contributed by atoms with Crippen LogP contribution < -0.4 is 11.3 Å². The highest BCUT2D eigenvalue weighted by atomic mass is 32.2. The highest BCUT2D eigenvalue weighted by molar-refractivity contribution is 7.86. The first-order valence-corrected chi connectivity index (χ1v) is 8.01. The number of benzene rings is 1. The van der Waals surface area contributed by atoms with Crippen molar-refractivity contribution in [1.29, 1.82) is 0 Å². The van der Waals surface area contributed by atoms with E-state index in [4.69, 9.17) is 14.9 Å². The average Bonchev–Trinajstić information content (AvgIpc) is 2.35. The lowest BCUT2D eigenvalue weighted by molar-refractivity contribution is -1.08. The van der Waals surface area contributed by atoms with Gasteiger partial charge in [0.05, 0.1) is 7.11 Å². The van der Waals surface area contributed by atoms with Gasteiger partial charge in [-0.3, -0.25) is 0 Å². The molecular weight excluding hydrogens is 306 g/mol. The molecule has 1 aromatic rings. The normalized spacial score (nSPS) is 21.2. The van der Waals surface area contributed by atoms with Crippen LogP contribution in [0, 0.1) is 20.8 Å². The fourth-order valence-corrected chi connectivity index (χ4v) is 3.82. The fourth-order valence-electron chi connectivity index (χ4n) is 2.42. The molecule has 1 atom stereocenters. The summed E-state index contributed by atoms with van der Waals surface area (Å²) < 4.78 is 35.4. The van der Waals surface area contributed by atoms with Gasteiger partial charge in [0.25, 0.3) is 0 Å². The predicted octanol–water partition coefficient (Wildman–Crippen LogP) is 1.44. The van der Waals surface area contributed by atoms with Gasteiger partial charge in [-0.2, -0.15) is 8.42 Å². The molecule has 1 heterocycles. The van der Waals surface area contributed by atoms with Crippen molar-refractivity contribution < 1.29 is 22.3 Å². The van der Waals surface area contributed by atoms with E-state index >= 15 is 0 Å². The van der Waals surface area contributed by atoms with E-state index in [1.807, 2.05) is 6.92 Å². The molecule has 2 rings (SSSR count). The number of aryl methyl sites for hydroxylation is 3. The monoisotopic (exact) mass is 326 g/mol. The van der Waals surface area contributed by atoms with Gasteiger partial charge >= 0.3 is 10.1 Å². The summed E-state index contributed by atoms with van der Waals surface area (Å²) in [5.41, 5.74) is 4.81. The third kappa shape index (κ3) is 3.30. The SMILES string of the molecule is COC1=CC=C[N+](N)(OS(=O)(=O)c2c(C)cc(C)cc2C)N1. The maximum atomic E-state index is 12.6. The van der Waals surface area contributed by atoms with E-state index in [1.54, 1.807) is 38.1 Å². The molecule has 1 unspecified atom stereocenters. The van der Waals surface area contributed by atoms with E-state index in [2.05, 4.69) is 5.43 Å². The van der Waals surface area contributed by atoms with Crippen LogP contribution in [0.1, 0.15) is 16.7 Å². The van der Waals surface area contributed by atoms with Crippen LogP contribution in [0.3, 0.4) is 0 Å². The van der Waals surface area contributed by atoms with Gasteiger partial charge in [0.15, 0.2) is 6.20 Å². The van der Waals surface area contributed by atoms with Gasteiger partial charge in [0.2, 0.25) is 5.88 Å². The lowest BCUT2D eigenvalue weighted by atomic mass is 10.1. The Hall–Kier alpha value is -1.87. The molecule has 1 aliphatic rings. The number of allylic oxidation sites excluding steroid dienone is 2. The Balaban J connectivity index is 2.37. The summed E-state index contributed by atoms with van der Waals surface area (Å²) in [6.45, 7) is 5.34. The molecule has 1 aromatic carbocycles. The Morgan fingerprint density at radius 3 is 2.32 bits per heavy atom. The first kappa shape index (κ1) is 16.5. The van der Waals surface area contributed by atoms with Crippen molar-refractivity contribution >= 4 is 10.1 Å². The second kappa shape index (κ2) is 5.73. The minimum Gasteiger partial charge on any atom is -0.479 e. The average molecular weight is 326 g/mol. The minimum atomic E-state index is -4.08. The summed E-state index contributed by atoms with van der Waals surface area (Å²) >= 11 is 0. The van der Waals surface area contributed by atoms with Crippen LogP contribution in [0.4, 0.5) is 0 Å². The van der Waals surface area contributed by atoms with Crippen molar-refractivity contribution in [1.82, 2.24) is 5.43 Å². The Morgan fingerprint density at radius 1 is 1.18 bits per heavy atom.